The summed E-state index contributed by atoms with van der Waals surface area (Å²) in [6.07, 6.45) is 1.23. The summed E-state index contributed by atoms with van der Waals surface area (Å²) in [5.41, 5.74) is 4.47. The molecule has 2 aromatic rings. The summed E-state index contributed by atoms with van der Waals surface area (Å²) in [5.74, 6) is -2.31. The van der Waals surface area contributed by atoms with Crippen LogP contribution in [0, 0.1) is 11.6 Å². The van der Waals surface area contributed by atoms with Crippen molar-refractivity contribution in [3.8, 4) is 0 Å². The highest BCUT2D eigenvalue weighted by atomic mass is 32.2. The topological polar surface area (TPSA) is 94.2 Å². The molecule has 0 aliphatic rings. The Morgan fingerprint density at radius 1 is 1.19 bits per heavy atom. The van der Waals surface area contributed by atoms with Crippen LogP contribution in [0.1, 0.15) is 0 Å². The van der Waals surface area contributed by atoms with Gasteiger partial charge in [0.05, 0.1) is 11.4 Å². The minimum Gasteiger partial charge on any atom is -0.396 e. The van der Waals surface area contributed by atoms with E-state index in [1.165, 1.54) is 19.3 Å². The third kappa shape index (κ3) is 3.02. The highest BCUT2D eigenvalue weighted by Crippen LogP contribution is 2.22. The Morgan fingerprint density at radius 3 is 2.48 bits per heavy atom. The zero-order chi connectivity index (χ0) is 15.8. The lowest BCUT2D eigenvalue weighted by molar-refractivity contribution is 0.553. The van der Waals surface area contributed by atoms with Crippen LogP contribution in [-0.2, 0) is 17.1 Å². The number of aryl methyl sites for hydroxylation is 1. The quantitative estimate of drug-likeness (QED) is 0.828. The van der Waals surface area contributed by atoms with Gasteiger partial charge in [-0.25, -0.2) is 17.2 Å². The van der Waals surface area contributed by atoms with E-state index in [4.69, 9.17) is 5.73 Å². The van der Waals surface area contributed by atoms with Gasteiger partial charge in [0.15, 0.2) is 0 Å². The van der Waals surface area contributed by atoms with Crippen LogP contribution in [0.15, 0.2) is 40.2 Å². The summed E-state index contributed by atoms with van der Waals surface area (Å²) in [5, 5.41) is 0. The predicted molar refractivity (Wildman–Crippen MR) is 73.3 cm³/mol. The molecule has 0 fully saturated rings. The molecule has 0 unspecified atom stereocenters. The Balaban J connectivity index is 2.45. The first kappa shape index (κ1) is 15.0. The van der Waals surface area contributed by atoms with Crippen molar-refractivity contribution in [2.75, 3.05) is 10.5 Å². The molecule has 1 heterocycles. The molecule has 6 nitrogen and oxygen atoms in total. The lowest BCUT2D eigenvalue weighted by atomic mass is 10.3. The average Bonchev–Trinajstić information content (AvgIpc) is 2.37. The Labute approximate surface area is 118 Å². The van der Waals surface area contributed by atoms with E-state index in [1.807, 2.05) is 0 Å². The molecule has 0 bridgehead atoms. The first-order chi connectivity index (χ1) is 9.70. The van der Waals surface area contributed by atoms with Gasteiger partial charge in [-0.2, -0.15) is 0 Å². The van der Waals surface area contributed by atoms with Crippen LogP contribution in [-0.4, -0.2) is 13.0 Å². The van der Waals surface area contributed by atoms with Gasteiger partial charge < -0.3 is 10.3 Å². The monoisotopic (exact) mass is 315 g/mol. The number of aromatic nitrogens is 1. The average molecular weight is 315 g/mol. The molecular formula is C12H11F2N3O3S. The zero-order valence-electron chi connectivity index (χ0n) is 10.8. The molecule has 0 aliphatic heterocycles. The van der Waals surface area contributed by atoms with E-state index in [0.717, 1.165) is 10.6 Å². The molecule has 0 aliphatic carbocycles. The number of nitrogens with one attached hydrogen (secondary N) is 1. The second-order valence-electron chi connectivity index (χ2n) is 4.28. The van der Waals surface area contributed by atoms with Crippen molar-refractivity contribution in [1.82, 2.24) is 4.57 Å². The van der Waals surface area contributed by atoms with Gasteiger partial charge in [-0.05, 0) is 12.1 Å². The highest BCUT2D eigenvalue weighted by molar-refractivity contribution is 7.92. The first-order valence-electron chi connectivity index (χ1n) is 5.65. The number of anilines is 2. The standard InChI is InChI=1S/C12H11F2N3O3S/c1-17-6-7(2-3-12(17)18)16-21(19,20)11-5-10(15)8(13)4-9(11)14/h2-6,16H,15H2,1H3. The maximum absolute atomic E-state index is 13.6. The van der Waals surface area contributed by atoms with Crippen LogP contribution in [0.4, 0.5) is 20.2 Å². The van der Waals surface area contributed by atoms with Crippen LogP contribution in [0.5, 0.6) is 0 Å². The van der Waals surface area contributed by atoms with E-state index in [9.17, 15) is 22.0 Å². The number of halogens is 2. The van der Waals surface area contributed by atoms with E-state index >= 15 is 0 Å². The van der Waals surface area contributed by atoms with Gasteiger partial charge in [-0.3, -0.25) is 9.52 Å². The maximum Gasteiger partial charge on any atom is 0.264 e. The molecular weight excluding hydrogens is 304 g/mol. The molecule has 0 spiro atoms. The second kappa shape index (κ2) is 5.17. The third-order valence-electron chi connectivity index (χ3n) is 2.68. The van der Waals surface area contributed by atoms with E-state index in [-0.39, 0.29) is 11.2 Å². The van der Waals surface area contributed by atoms with Crippen molar-refractivity contribution in [2.45, 2.75) is 4.90 Å². The van der Waals surface area contributed by atoms with Crippen molar-refractivity contribution in [2.24, 2.45) is 7.05 Å². The zero-order valence-corrected chi connectivity index (χ0v) is 11.6. The minimum absolute atomic E-state index is 0.0550. The summed E-state index contributed by atoms with van der Waals surface area (Å²) in [4.78, 5) is 10.4. The van der Waals surface area contributed by atoms with Crippen LogP contribution < -0.4 is 16.0 Å². The van der Waals surface area contributed by atoms with Gasteiger partial charge in [-0.15, -0.1) is 0 Å². The smallest absolute Gasteiger partial charge is 0.264 e. The Hall–Kier alpha value is -2.42. The highest BCUT2D eigenvalue weighted by Gasteiger charge is 2.21. The van der Waals surface area contributed by atoms with Gasteiger partial charge in [0, 0.05) is 25.4 Å². The third-order valence-corrected chi connectivity index (χ3v) is 4.08. The van der Waals surface area contributed by atoms with Crippen molar-refractivity contribution >= 4 is 21.4 Å². The van der Waals surface area contributed by atoms with Gasteiger partial charge in [0.25, 0.3) is 10.0 Å². The molecule has 0 amide bonds. The second-order valence-corrected chi connectivity index (χ2v) is 5.93. The van der Waals surface area contributed by atoms with Gasteiger partial charge in [-0.1, -0.05) is 0 Å². The summed E-state index contributed by atoms with van der Waals surface area (Å²) >= 11 is 0. The van der Waals surface area contributed by atoms with E-state index in [1.54, 1.807) is 0 Å². The SMILES string of the molecule is Cn1cc(NS(=O)(=O)c2cc(N)c(F)cc2F)ccc1=O. The van der Waals surface area contributed by atoms with E-state index < -0.39 is 32.2 Å². The fourth-order valence-corrected chi connectivity index (χ4v) is 2.75. The minimum atomic E-state index is -4.30. The molecule has 0 saturated heterocycles. The lowest BCUT2D eigenvalue weighted by Crippen LogP contribution is -2.19. The number of nitrogens with two attached hydrogens (primary N) is 1. The normalized spacial score (nSPS) is 11.4. The number of nitrogens with zero attached hydrogens (tertiary/aromatic N) is 1. The van der Waals surface area contributed by atoms with Crippen LogP contribution >= 0.6 is 0 Å². The molecule has 0 atom stereocenters. The number of hydrogen-bond acceptors (Lipinski definition) is 4. The van der Waals surface area contributed by atoms with Gasteiger partial charge in [0.2, 0.25) is 5.56 Å². The number of benzene rings is 1. The van der Waals surface area contributed by atoms with Gasteiger partial charge >= 0.3 is 0 Å². The molecule has 1 aromatic carbocycles. The Kier molecular flexibility index (Phi) is 3.69. The molecule has 2 rings (SSSR count). The van der Waals surface area contributed by atoms with E-state index in [2.05, 4.69) is 4.72 Å². The number of sulfonamides is 1. The fourth-order valence-electron chi connectivity index (χ4n) is 1.62. The largest absolute Gasteiger partial charge is 0.396 e. The van der Waals surface area contributed by atoms with Crippen molar-refractivity contribution < 1.29 is 17.2 Å². The predicted octanol–water partition coefficient (Wildman–Crippen LogP) is 1.05. The lowest BCUT2D eigenvalue weighted by Gasteiger charge is -2.10. The summed E-state index contributed by atoms with van der Waals surface area (Å²) in [7, 11) is -2.87. The molecule has 9 heteroatoms. The molecule has 112 valence electrons. The first-order valence-corrected chi connectivity index (χ1v) is 7.13. The van der Waals surface area contributed by atoms with Crippen LogP contribution in [0.2, 0.25) is 0 Å². The summed E-state index contributed by atoms with van der Waals surface area (Å²) in [6.45, 7) is 0. The Morgan fingerprint density at radius 2 is 1.86 bits per heavy atom. The summed E-state index contributed by atoms with van der Waals surface area (Å²) in [6, 6.07) is 3.46. The van der Waals surface area contributed by atoms with Crippen molar-refractivity contribution in [3.05, 3.63) is 52.5 Å². The fraction of sp³-hybridized carbons (Fsp3) is 0.0833. The molecule has 0 saturated carbocycles. The number of rotatable bonds is 3. The van der Waals surface area contributed by atoms with E-state index in [0.29, 0.717) is 12.1 Å². The van der Waals surface area contributed by atoms with Crippen LogP contribution in [0.3, 0.4) is 0 Å². The van der Waals surface area contributed by atoms with Crippen LogP contribution in [0.25, 0.3) is 0 Å². The molecule has 21 heavy (non-hydrogen) atoms. The Bertz CT molecular complexity index is 863. The number of hydrogen-bond donors (Lipinski definition) is 2. The molecule has 1 aromatic heterocycles. The summed E-state index contributed by atoms with van der Waals surface area (Å²) < 4.78 is 54.0. The maximum atomic E-state index is 13.6. The van der Waals surface area contributed by atoms with Crippen molar-refractivity contribution in [1.29, 1.82) is 0 Å². The van der Waals surface area contributed by atoms with Crippen molar-refractivity contribution in [3.63, 3.8) is 0 Å². The molecule has 0 radical (unpaired) electrons. The number of pyridine rings is 1. The molecule has 3 N–H and O–H groups in total. The number of nitrogen functional groups attached to an aromatic ring is 1. The van der Waals surface area contributed by atoms with Gasteiger partial charge in [0.1, 0.15) is 16.5 Å².